The van der Waals surface area contributed by atoms with E-state index >= 15 is 0 Å². The molecule has 0 aromatic carbocycles. The largest absolute Gasteiger partial charge is 0.299 e. The van der Waals surface area contributed by atoms with E-state index in [1.165, 1.54) is 44.9 Å². The van der Waals surface area contributed by atoms with Crippen LogP contribution in [0, 0.1) is 29.1 Å². The highest BCUT2D eigenvalue weighted by Crippen LogP contribution is 2.61. The van der Waals surface area contributed by atoms with Crippen LogP contribution < -0.4 is 0 Å². The fourth-order valence-electron chi connectivity index (χ4n) is 6.26. The number of hydrogen-bond donors (Lipinski definition) is 0. The lowest BCUT2D eigenvalue weighted by molar-refractivity contribution is -0.123. The van der Waals surface area contributed by atoms with Gasteiger partial charge in [-0.05, 0) is 61.7 Å². The van der Waals surface area contributed by atoms with Crippen molar-refractivity contribution >= 4 is 13.6 Å². The zero-order valence-corrected chi connectivity index (χ0v) is 13.0. The van der Waals surface area contributed by atoms with Gasteiger partial charge in [-0.1, -0.05) is 30.8 Å². The van der Waals surface area contributed by atoms with Gasteiger partial charge in [-0.15, -0.1) is 0 Å². The number of ketones is 1. The van der Waals surface area contributed by atoms with Gasteiger partial charge in [0.25, 0.3) is 0 Å². The van der Waals surface area contributed by atoms with Crippen molar-refractivity contribution in [2.75, 3.05) is 0 Å². The van der Waals surface area contributed by atoms with Gasteiger partial charge in [0.05, 0.1) is 0 Å². The van der Waals surface area contributed by atoms with Gasteiger partial charge in [0.15, 0.2) is 0 Å². The van der Waals surface area contributed by atoms with Crippen LogP contribution in [0.3, 0.4) is 0 Å². The van der Waals surface area contributed by atoms with Crippen molar-refractivity contribution in [3.8, 4) is 0 Å². The van der Waals surface area contributed by atoms with Gasteiger partial charge < -0.3 is 0 Å². The quantitative estimate of drug-likeness (QED) is 0.486. The molecule has 0 saturated heterocycles. The van der Waals surface area contributed by atoms with Crippen molar-refractivity contribution in [3.63, 3.8) is 0 Å². The van der Waals surface area contributed by atoms with Crippen LogP contribution in [0.4, 0.5) is 0 Å². The molecule has 0 aromatic heterocycles. The Morgan fingerprint density at radius 1 is 1.20 bits per heavy atom. The number of carbonyl (C=O) groups is 1. The molecule has 0 radical (unpaired) electrons. The second-order valence-corrected chi connectivity index (χ2v) is 8.35. The maximum atomic E-state index is 12.1. The van der Waals surface area contributed by atoms with Crippen LogP contribution in [0.25, 0.3) is 0 Å². The third kappa shape index (κ3) is 1.72. The van der Waals surface area contributed by atoms with Crippen molar-refractivity contribution in [1.82, 2.24) is 0 Å². The smallest absolute Gasteiger partial charge is 0.136 e. The van der Waals surface area contributed by atoms with Gasteiger partial charge in [0.2, 0.25) is 0 Å². The SMILES string of the molecule is BC1CCC2(C)C(=CCC3C4CCC(=O)C4CCC32)C1. The molecule has 4 rings (SSSR count). The number of carbonyl (C=O) groups excluding carboxylic acids is 1. The molecule has 0 aliphatic heterocycles. The van der Waals surface area contributed by atoms with E-state index in [9.17, 15) is 4.79 Å². The zero-order valence-electron chi connectivity index (χ0n) is 13.0. The standard InChI is InChI=1S/C18H27BO/c1-18-9-8-12(19)10-11(18)2-3-14-13-5-7-17(20)15(13)4-6-16(14)18/h2,12-16H,3-10,19H2,1H3. The Kier molecular flexibility index (Phi) is 2.95. The third-order valence-electron chi connectivity index (χ3n) is 7.42. The van der Waals surface area contributed by atoms with Crippen LogP contribution in [-0.4, -0.2) is 13.6 Å². The van der Waals surface area contributed by atoms with Crippen molar-refractivity contribution in [2.24, 2.45) is 29.1 Å². The Morgan fingerprint density at radius 3 is 2.90 bits per heavy atom. The van der Waals surface area contributed by atoms with Gasteiger partial charge in [-0.25, -0.2) is 0 Å². The van der Waals surface area contributed by atoms with E-state index in [1.807, 2.05) is 0 Å². The molecule has 108 valence electrons. The molecular weight excluding hydrogens is 243 g/mol. The van der Waals surface area contributed by atoms with Crippen LogP contribution in [0.1, 0.15) is 58.3 Å². The van der Waals surface area contributed by atoms with Gasteiger partial charge in [-0.2, -0.15) is 0 Å². The number of allylic oxidation sites excluding steroid dienone is 2. The number of hydrogen-bond acceptors (Lipinski definition) is 1. The second-order valence-electron chi connectivity index (χ2n) is 8.35. The molecule has 0 heterocycles. The monoisotopic (exact) mass is 270 g/mol. The predicted molar refractivity (Wildman–Crippen MR) is 84.4 cm³/mol. The van der Waals surface area contributed by atoms with Gasteiger partial charge >= 0.3 is 0 Å². The van der Waals surface area contributed by atoms with Crippen LogP contribution >= 0.6 is 0 Å². The average molecular weight is 270 g/mol. The molecule has 4 aliphatic rings. The molecule has 0 amide bonds. The van der Waals surface area contributed by atoms with Gasteiger partial charge in [0, 0.05) is 12.3 Å². The van der Waals surface area contributed by atoms with E-state index in [0.717, 1.165) is 30.0 Å². The van der Waals surface area contributed by atoms with Crippen LogP contribution in [0.2, 0.25) is 5.82 Å². The number of rotatable bonds is 0. The highest BCUT2D eigenvalue weighted by Gasteiger charge is 2.53. The maximum Gasteiger partial charge on any atom is 0.136 e. The topological polar surface area (TPSA) is 17.1 Å². The van der Waals surface area contributed by atoms with Crippen molar-refractivity contribution in [3.05, 3.63) is 11.6 Å². The molecule has 20 heavy (non-hydrogen) atoms. The Bertz CT molecular complexity index is 468. The Balaban J connectivity index is 1.66. The lowest BCUT2D eigenvalue weighted by Crippen LogP contribution is -2.46. The summed E-state index contributed by atoms with van der Waals surface area (Å²) >= 11 is 0. The van der Waals surface area contributed by atoms with Crippen LogP contribution in [0.15, 0.2) is 11.6 Å². The molecule has 0 N–H and O–H groups in total. The van der Waals surface area contributed by atoms with Crippen molar-refractivity contribution in [1.29, 1.82) is 0 Å². The lowest BCUT2D eigenvalue weighted by atomic mass is 9.49. The summed E-state index contributed by atoms with van der Waals surface area (Å²) < 4.78 is 0. The summed E-state index contributed by atoms with van der Waals surface area (Å²) in [7, 11) is 2.42. The highest BCUT2D eigenvalue weighted by atomic mass is 16.1. The molecule has 0 bridgehead atoms. The van der Waals surface area contributed by atoms with E-state index < -0.39 is 0 Å². The summed E-state index contributed by atoms with van der Waals surface area (Å²) in [5.41, 5.74) is 2.26. The summed E-state index contributed by atoms with van der Waals surface area (Å²) in [6, 6.07) is 0. The highest BCUT2D eigenvalue weighted by molar-refractivity contribution is 6.11. The first-order valence-corrected chi connectivity index (χ1v) is 8.82. The minimum atomic E-state index is 0.442. The lowest BCUT2D eigenvalue weighted by Gasteiger charge is -2.55. The minimum Gasteiger partial charge on any atom is -0.299 e. The van der Waals surface area contributed by atoms with E-state index in [-0.39, 0.29) is 0 Å². The molecule has 0 aromatic rings. The molecule has 1 nitrogen and oxygen atoms in total. The zero-order chi connectivity index (χ0) is 13.9. The maximum absolute atomic E-state index is 12.1. The first kappa shape index (κ1) is 13.2. The Hall–Kier alpha value is -0.525. The van der Waals surface area contributed by atoms with Crippen molar-refractivity contribution in [2.45, 2.75) is 64.1 Å². The molecule has 6 unspecified atom stereocenters. The van der Waals surface area contributed by atoms with E-state index in [2.05, 4.69) is 20.8 Å². The molecule has 3 fully saturated rings. The minimum absolute atomic E-state index is 0.442. The summed E-state index contributed by atoms with van der Waals surface area (Å²) in [6.07, 6.45) is 12.6. The second kappa shape index (κ2) is 4.48. The molecule has 0 spiro atoms. The van der Waals surface area contributed by atoms with Gasteiger partial charge in [-0.3, -0.25) is 4.79 Å². The van der Waals surface area contributed by atoms with E-state index in [1.54, 1.807) is 5.57 Å². The fraction of sp³-hybridized carbons (Fsp3) is 0.833. The summed E-state index contributed by atoms with van der Waals surface area (Å²) in [6.45, 7) is 2.55. The summed E-state index contributed by atoms with van der Waals surface area (Å²) in [5.74, 6) is 4.35. The van der Waals surface area contributed by atoms with Crippen LogP contribution in [-0.2, 0) is 4.79 Å². The predicted octanol–water partition coefficient (Wildman–Crippen LogP) is 3.55. The third-order valence-corrected chi connectivity index (χ3v) is 7.42. The Morgan fingerprint density at radius 2 is 2.05 bits per heavy atom. The Labute approximate surface area is 124 Å². The molecular formula is C18H27BO. The molecule has 4 aliphatic carbocycles. The molecule has 3 saturated carbocycles. The van der Waals surface area contributed by atoms with Crippen LogP contribution in [0.5, 0.6) is 0 Å². The first-order valence-electron chi connectivity index (χ1n) is 8.82. The average Bonchev–Trinajstić information content (AvgIpc) is 2.82. The van der Waals surface area contributed by atoms with Crippen molar-refractivity contribution < 1.29 is 4.79 Å². The number of fused-ring (bicyclic) bond motifs is 5. The summed E-state index contributed by atoms with van der Waals surface area (Å²) in [5, 5.41) is 0. The fourth-order valence-corrected chi connectivity index (χ4v) is 6.26. The molecule has 6 atom stereocenters. The number of Topliss-reactive ketones (excluding diaryl/α,β-unsaturated/α-hetero) is 1. The molecule has 2 heteroatoms. The summed E-state index contributed by atoms with van der Waals surface area (Å²) in [4.78, 5) is 12.1. The normalized spacial score (nSPS) is 51.0. The van der Waals surface area contributed by atoms with E-state index in [0.29, 0.717) is 17.1 Å². The first-order chi connectivity index (χ1) is 9.59. The van der Waals surface area contributed by atoms with Gasteiger partial charge in [0.1, 0.15) is 13.6 Å². The van der Waals surface area contributed by atoms with E-state index in [4.69, 9.17) is 0 Å².